The molecule has 0 amide bonds. The highest BCUT2D eigenvalue weighted by Crippen LogP contribution is 2.30. The summed E-state index contributed by atoms with van der Waals surface area (Å²) in [6, 6.07) is 4.72. The van der Waals surface area contributed by atoms with Crippen LogP contribution in [0, 0.1) is 0 Å². The molecular weight excluding hydrogens is 249 g/mol. The van der Waals surface area contributed by atoms with E-state index in [4.69, 9.17) is 23.2 Å². The van der Waals surface area contributed by atoms with Crippen molar-refractivity contribution in [2.45, 2.75) is 19.4 Å². The molecule has 1 unspecified atom stereocenters. The second-order valence-electron chi connectivity index (χ2n) is 3.22. The molecule has 0 aliphatic carbocycles. The molecule has 0 heterocycles. The highest BCUT2D eigenvalue weighted by Gasteiger charge is 2.18. The summed E-state index contributed by atoms with van der Waals surface area (Å²) in [5.41, 5.74) is 0.558. The van der Waals surface area contributed by atoms with E-state index in [0.29, 0.717) is 22.2 Å². The van der Waals surface area contributed by atoms with Gasteiger partial charge in [-0.15, -0.1) is 0 Å². The van der Waals surface area contributed by atoms with E-state index in [1.165, 1.54) is 7.11 Å². The molecule has 1 rings (SSSR count). The zero-order chi connectivity index (χ0) is 12.1. The Morgan fingerprint density at radius 1 is 1.44 bits per heavy atom. The number of hydrogen-bond acceptors (Lipinski definition) is 3. The smallest absolute Gasteiger partial charge is 0.328 e. The van der Waals surface area contributed by atoms with Gasteiger partial charge in [0.05, 0.1) is 22.8 Å². The van der Waals surface area contributed by atoms with E-state index in [0.717, 1.165) is 0 Å². The SMILES string of the molecule is CCC(Nc1c(Cl)cccc1Cl)C(=O)OC. The Kier molecular flexibility index (Phi) is 4.90. The summed E-state index contributed by atoms with van der Waals surface area (Å²) in [7, 11) is 1.35. The predicted molar refractivity (Wildman–Crippen MR) is 66.2 cm³/mol. The third-order valence-corrected chi connectivity index (χ3v) is 2.81. The number of carbonyl (C=O) groups excluding carboxylic acids is 1. The molecule has 0 saturated heterocycles. The van der Waals surface area contributed by atoms with Crippen molar-refractivity contribution in [3.8, 4) is 0 Å². The standard InChI is InChI=1S/C11H13Cl2NO2/c1-3-9(11(15)16-2)14-10-7(12)5-4-6-8(10)13/h4-6,9,14H,3H2,1-2H3. The van der Waals surface area contributed by atoms with E-state index in [2.05, 4.69) is 10.1 Å². The number of nitrogens with one attached hydrogen (secondary N) is 1. The van der Waals surface area contributed by atoms with Gasteiger partial charge < -0.3 is 10.1 Å². The molecule has 88 valence electrons. The van der Waals surface area contributed by atoms with Gasteiger partial charge in [0, 0.05) is 0 Å². The number of ether oxygens (including phenoxy) is 1. The number of hydrogen-bond donors (Lipinski definition) is 1. The first kappa shape index (κ1) is 13.1. The van der Waals surface area contributed by atoms with Gasteiger partial charge in [-0.1, -0.05) is 36.2 Å². The molecule has 0 spiro atoms. The normalized spacial score (nSPS) is 12.0. The topological polar surface area (TPSA) is 38.3 Å². The van der Waals surface area contributed by atoms with Gasteiger partial charge in [0.25, 0.3) is 0 Å². The second-order valence-corrected chi connectivity index (χ2v) is 4.04. The summed E-state index contributed by atoms with van der Waals surface area (Å²) in [4.78, 5) is 11.4. The maximum Gasteiger partial charge on any atom is 0.328 e. The molecule has 0 aromatic heterocycles. The number of anilines is 1. The van der Waals surface area contributed by atoms with Crippen LogP contribution >= 0.6 is 23.2 Å². The summed E-state index contributed by atoms with van der Waals surface area (Å²) in [6.45, 7) is 1.87. The van der Waals surface area contributed by atoms with Gasteiger partial charge in [-0.05, 0) is 18.6 Å². The summed E-state index contributed by atoms with van der Waals surface area (Å²) in [5, 5.41) is 3.94. The Balaban J connectivity index is 2.90. The Labute approximate surface area is 105 Å². The van der Waals surface area contributed by atoms with E-state index in [1.807, 2.05) is 6.92 Å². The average Bonchev–Trinajstić information content (AvgIpc) is 2.28. The van der Waals surface area contributed by atoms with Crippen LogP contribution in [0.4, 0.5) is 5.69 Å². The molecule has 0 bridgehead atoms. The van der Waals surface area contributed by atoms with Crippen molar-refractivity contribution in [2.75, 3.05) is 12.4 Å². The van der Waals surface area contributed by atoms with Crippen LogP contribution in [0.15, 0.2) is 18.2 Å². The summed E-state index contributed by atoms with van der Waals surface area (Å²) < 4.78 is 4.67. The molecule has 0 aliphatic heterocycles. The Hall–Kier alpha value is -0.930. The van der Waals surface area contributed by atoms with Crippen molar-refractivity contribution in [2.24, 2.45) is 0 Å². The van der Waals surface area contributed by atoms with E-state index < -0.39 is 6.04 Å². The lowest BCUT2D eigenvalue weighted by Gasteiger charge is -2.17. The van der Waals surface area contributed by atoms with Crippen LogP contribution in [0.2, 0.25) is 10.0 Å². The van der Waals surface area contributed by atoms with Crippen LogP contribution in [0.5, 0.6) is 0 Å². The molecule has 16 heavy (non-hydrogen) atoms. The largest absolute Gasteiger partial charge is 0.467 e. The Morgan fingerprint density at radius 3 is 2.44 bits per heavy atom. The summed E-state index contributed by atoms with van der Waals surface area (Å²) in [5.74, 6) is -0.335. The second kappa shape index (κ2) is 5.97. The Bertz CT molecular complexity index is 362. The van der Waals surface area contributed by atoms with Crippen molar-refractivity contribution in [1.82, 2.24) is 0 Å². The molecule has 0 fully saturated rings. The van der Waals surface area contributed by atoms with Crippen LogP contribution in [-0.2, 0) is 9.53 Å². The first-order valence-electron chi connectivity index (χ1n) is 4.88. The van der Waals surface area contributed by atoms with Crippen LogP contribution < -0.4 is 5.32 Å². The first-order valence-corrected chi connectivity index (χ1v) is 5.64. The quantitative estimate of drug-likeness (QED) is 0.845. The third-order valence-electron chi connectivity index (χ3n) is 2.18. The number of rotatable bonds is 4. The Morgan fingerprint density at radius 2 is 2.00 bits per heavy atom. The van der Waals surface area contributed by atoms with Gasteiger partial charge in [-0.25, -0.2) is 4.79 Å². The van der Waals surface area contributed by atoms with Crippen LogP contribution in [-0.4, -0.2) is 19.1 Å². The van der Waals surface area contributed by atoms with Crippen molar-refractivity contribution in [3.05, 3.63) is 28.2 Å². The molecule has 1 N–H and O–H groups in total. The zero-order valence-corrected chi connectivity index (χ0v) is 10.6. The van der Waals surface area contributed by atoms with Gasteiger partial charge in [-0.2, -0.15) is 0 Å². The van der Waals surface area contributed by atoms with Gasteiger partial charge >= 0.3 is 5.97 Å². The predicted octanol–water partition coefficient (Wildman–Crippen LogP) is 3.36. The molecule has 3 nitrogen and oxygen atoms in total. The summed E-state index contributed by atoms with van der Waals surface area (Å²) in [6.07, 6.45) is 0.591. The third kappa shape index (κ3) is 3.03. The minimum absolute atomic E-state index is 0.335. The first-order chi connectivity index (χ1) is 7.60. The van der Waals surface area contributed by atoms with Gasteiger partial charge in [0.15, 0.2) is 0 Å². The number of methoxy groups -OCH3 is 1. The molecule has 1 aromatic carbocycles. The molecule has 0 saturated carbocycles. The van der Waals surface area contributed by atoms with E-state index >= 15 is 0 Å². The van der Waals surface area contributed by atoms with Gasteiger partial charge in [0.2, 0.25) is 0 Å². The highest BCUT2D eigenvalue weighted by molar-refractivity contribution is 6.39. The lowest BCUT2D eigenvalue weighted by atomic mass is 10.2. The van der Waals surface area contributed by atoms with E-state index in [9.17, 15) is 4.79 Å². The number of carbonyl (C=O) groups is 1. The van der Waals surface area contributed by atoms with Crippen LogP contribution in [0.1, 0.15) is 13.3 Å². The van der Waals surface area contributed by atoms with Crippen molar-refractivity contribution in [1.29, 1.82) is 0 Å². The van der Waals surface area contributed by atoms with Gasteiger partial charge in [-0.3, -0.25) is 0 Å². The molecular formula is C11H13Cl2NO2. The highest BCUT2D eigenvalue weighted by atomic mass is 35.5. The van der Waals surface area contributed by atoms with E-state index in [-0.39, 0.29) is 5.97 Å². The average molecular weight is 262 g/mol. The molecule has 1 aromatic rings. The van der Waals surface area contributed by atoms with Crippen molar-refractivity contribution in [3.63, 3.8) is 0 Å². The number of benzene rings is 1. The lowest BCUT2D eigenvalue weighted by Crippen LogP contribution is -2.30. The van der Waals surface area contributed by atoms with Crippen LogP contribution in [0.3, 0.4) is 0 Å². The molecule has 0 aliphatic rings. The maximum atomic E-state index is 11.4. The molecule has 1 atom stereocenters. The number of para-hydroxylation sites is 1. The minimum atomic E-state index is -0.442. The molecule has 0 radical (unpaired) electrons. The fourth-order valence-corrected chi connectivity index (χ4v) is 1.79. The number of esters is 1. The monoisotopic (exact) mass is 261 g/mol. The van der Waals surface area contributed by atoms with Crippen molar-refractivity contribution < 1.29 is 9.53 Å². The lowest BCUT2D eigenvalue weighted by molar-refractivity contribution is -0.141. The number of halogens is 2. The van der Waals surface area contributed by atoms with Gasteiger partial charge in [0.1, 0.15) is 6.04 Å². The van der Waals surface area contributed by atoms with Crippen LogP contribution in [0.25, 0.3) is 0 Å². The fraction of sp³-hybridized carbons (Fsp3) is 0.364. The molecule has 5 heteroatoms. The fourth-order valence-electron chi connectivity index (χ4n) is 1.28. The zero-order valence-electron chi connectivity index (χ0n) is 9.09. The minimum Gasteiger partial charge on any atom is -0.467 e. The maximum absolute atomic E-state index is 11.4. The van der Waals surface area contributed by atoms with Crippen molar-refractivity contribution >= 4 is 34.9 Å². The van der Waals surface area contributed by atoms with E-state index in [1.54, 1.807) is 18.2 Å². The summed E-state index contributed by atoms with van der Waals surface area (Å²) >= 11 is 12.0.